The Morgan fingerprint density at radius 2 is 1.90 bits per heavy atom. The quantitative estimate of drug-likeness (QED) is 0.138. The molecule has 4 N–H and O–H groups in total. The number of para-hydroxylation sites is 1. The number of rotatable bonds is 14. The van der Waals surface area contributed by atoms with Crippen LogP contribution in [0, 0.1) is 17.2 Å². The molecule has 0 spiro atoms. The predicted octanol–water partition coefficient (Wildman–Crippen LogP) is 3.09. The largest absolute Gasteiger partial charge is 0.533 e. The number of fused-ring (bicyclic) bond motifs is 1. The lowest BCUT2D eigenvalue weighted by atomic mass is 9.92. The lowest BCUT2D eigenvalue weighted by Gasteiger charge is -2.24. The van der Waals surface area contributed by atoms with E-state index in [9.17, 15) is 24.8 Å². The van der Waals surface area contributed by atoms with Crippen LogP contribution in [0.5, 0.6) is 5.75 Å². The molecule has 42 heavy (non-hydrogen) atoms. The van der Waals surface area contributed by atoms with Gasteiger partial charge in [0.05, 0.1) is 18.2 Å². The average molecular weight is 604 g/mol. The number of ether oxygens (including phenoxy) is 2. The maximum Gasteiger partial charge on any atom is 0.533 e. The topological polar surface area (TPSA) is 201 Å². The number of nitrogen functional groups attached to an aromatic ring is 1. The molecule has 4 rings (SSSR count). The molecule has 3 heterocycles. The Morgan fingerprint density at radius 1 is 1.19 bits per heavy atom. The van der Waals surface area contributed by atoms with Crippen LogP contribution in [-0.2, 0) is 33.5 Å². The van der Waals surface area contributed by atoms with E-state index < -0.39 is 51.1 Å². The number of phosphoric ester groups is 1. The van der Waals surface area contributed by atoms with Gasteiger partial charge >= 0.3 is 13.8 Å². The molecule has 0 saturated carbocycles. The van der Waals surface area contributed by atoms with E-state index >= 15 is 0 Å². The lowest BCUT2D eigenvalue weighted by molar-refractivity contribution is -0.156. The number of hydrogen-bond donors (Lipinski definition) is 3. The molecular formula is C27H34N5O9P. The number of aromatic nitrogens is 3. The first-order valence-corrected chi connectivity index (χ1v) is 15.0. The Kier molecular flexibility index (Phi) is 10.2. The highest BCUT2D eigenvalue weighted by atomic mass is 31.2. The van der Waals surface area contributed by atoms with Crippen molar-refractivity contribution in [3.63, 3.8) is 0 Å². The van der Waals surface area contributed by atoms with Crippen LogP contribution < -0.4 is 10.3 Å². The normalized spacial score (nSPS) is 23.5. The predicted molar refractivity (Wildman–Crippen MR) is 148 cm³/mol. The molecule has 1 fully saturated rings. The third-order valence-electron chi connectivity index (χ3n) is 6.86. The van der Waals surface area contributed by atoms with Gasteiger partial charge in [-0.1, -0.05) is 44.9 Å². The van der Waals surface area contributed by atoms with E-state index in [1.165, 1.54) is 29.0 Å². The summed E-state index contributed by atoms with van der Waals surface area (Å²) in [5.74, 6) is -0.555. The molecule has 3 aromatic rings. The van der Waals surface area contributed by atoms with Gasteiger partial charge in [0.2, 0.25) is 12.4 Å². The van der Waals surface area contributed by atoms with Gasteiger partial charge in [-0.05, 0) is 37.1 Å². The Morgan fingerprint density at radius 3 is 2.57 bits per heavy atom. The van der Waals surface area contributed by atoms with E-state index in [2.05, 4.69) is 10.1 Å². The van der Waals surface area contributed by atoms with Gasteiger partial charge in [-0.25, -0.2) is 18.6 Å². The van der Waals surface area contributed by atoms with Gasteiger partial charge in [-0.2, -0.15) is 10.4 Å². The summed E-state index contributed by atoms with van der Waals surface area (Å²) in [4.78, 5) is 16.4. The smallest absolute Gasteiger partial charge is 0.438 e. The van der Waals surface area contributed by atoms with Crippen molar-refractivity contribution in [1.29, 1.82) is 5.26 Å². The van der Waals surface area contributed by atoms with E-state index in [4.69, 9.17) is 28.8 Å². The van der Waals surface area contributed by atoms with Crippen molar-refractivity contribution in [1.82, 2.24) is 14.6 Å². The molecule has 2 aromatic heterocycles. The van der Waals surface area contributed by atoms with Gasteiger partial charge < -0.3 is 29.9 Å². The number of carbonyl (C=O) groups excluding carboxylic acids is 1. The molecule has 1 aliphatic heterocycles. The summed E-state index contributed by atoms with van der Waals surface area (Å²) >= 11 is 0. The Balaban J connectivity index is 1.50. The van der Waals surface area contributed by atoms with Crippen molar-refractivity contribution in [3.8, 4) is 11.8 Å². The molecule has 1 unspecified atom stereocenters. The van der Waals surface area contributed by atoms with Gasteiger partial charge in [0.25, 0.3) is 0 Å². The van der Waals surface area contributed by atoms with Crippen LogP contribution in [0.1, 0.15) is 45.2 Å². The van der Waals surface area contributed by atoms with Gasteiger partial charge in [-0.15, -0.1) is 0 Å². The van der Waals surface area contributed by atoms with Crippen LogP contribution in [-0.4, -0.2) is 62.5 Å². The third-order valence-corrected chi connectivity index (χ3v) is 8.18. The van der Waals surface area contributed by atoms with Crippen molar-refractivity contribution in [2.45, 2.75) is 63.4 Å². The maximum atomic E-state index is 13.6. The van der Waals surface area contributed by atoms with E-state index in [0.717, 1.165) is 12.8 Å². The van der Waals surface area contributed by atoms with Crippen LogP contribution in [0.2, 0.25) is 0 Å². The molecule has 1 saturated heterocycles. The van der Waals surface area contributed by atoms with Crippen molar-refractivity contribution in [3.05, 3.63) is 54.5 Å². The third kappa shape index (κ3) is 6.57. The van der Waals surface area contributed by atoms with Crippen molar-refractivity contribution in [2.24, 2.45) is 5.92 Å². The van der Waals surface area contributed by atoms with Crippen molar-refractivity contribution >= 4 is 25.1 Å². The minimum Gasteiger partial charge on any atom is -0.438 e. The highest BCUT2D eigenvalue weighted by Gasteiger charge is 2.58. The SMILES string of the molecule is CCCC(CCC)C(=O)OCOP(=O)(OC[C@H]1O[C@@](C#N)(c2ccc3c(N)ncnn23)[C@H](O)[C@@H]1O)Oc1ccccc1. The lowest BCUT2D eigenvalue weighted by Crippen LogP contribution is -2.41. The number of carbonyl (C=O) groups is 1. The molecule has 0 aliphatic carbocycles. The number of nitrogens with zero attached hydrogens (tertiary/aromatic N) is 4. The highest BCUT2D eigenvalue weighted by molar-refractivity contribution is 7.48. The Hall–Kier alpha value is -3.57. The van der Waals surface area contributed by atoms with Gasteiger partial charge in [0.1, 0.15) is 42.0 Å². The van der Waals surface area contributed by atoms with Crippen LogP contribution >= 0.6 is 7.82 Å². The van der Waals surface area contributed by atoms with Gasteiger partial charge in [-0.3, -0.25) is 9.32 Å². The number of esters is 1. The molecular weight excluding hydrogens is 569 g/mol. The summed E-state index contributed by atoms with van der Waals surface area (Å²) in [5, 5.41) is 36.0. The summed E-state index contributed by atoms with van der Waals surface area (Å²) in [7, 11) is -4.49. The Bertz CT molecular complexity index is 1440. The molecule has 15 heteroatoms. The minimum absolute atomic E-state index is 0.0868. The number of aliphatic hydroxyl groups excluding tert-OH is 2. The number of hydrogen-bond acceptors (Lipinski definition) is 13. The first-order chi connectivity index (χ1) is 20.2. The molecule has 0 bridgehead atoms. The summed E-state index contributed by atoms with van der Waals surface area (Å²) in [6.07, 6.45) is -0.743. The minimum atomic E-state index is -4.49. The van der Waals surface area contributed by atoms with Crippen LogP contribution in [0.4, 0.5) is 5.82 Å². The number of benzene rings is 1. The van der Waals surface area contributed by atoms with E-state index in [1.54, 1.807) is 24.3 Å². The molecule has 5 atom stereocenters. The molecule has 226 valence electrons. The second kappa shape index (κ2) is 13.6. The monoisotopic (exact) mass is 603 g/mol. The summed E-state index contributed by atoms with van der Waals surface area (Å²) < 4.78 is 42.3. The number of nitrogens with two attached hydrogens (primary N) is 1. The number of phosphoric acid groups is 1. The Labute approximate surface area is 242 Å². The number of anilines is 1. The molecule has 0 amide bonds. The fourth-order valence-corrected chi connectivity index (χ4v) is 5.83. The fourth-order valence-electron chi connectivity index (χ4n) is 4.76. The van der Waals surface area contributed by atoms with E-state index in [0.29, 0.717) is 18.4 Å². The standard InChI is InChI=1S/C27H34N5O9P/c1-3-8-18(9-4-2)26(35)37-17-39-42(36,41-19-10-6-5-7-11-19)38-14-21-23(33)24(34)27(15-28,40-21)22-13-12-20-25(29)30-16-31-32(20)22/h5-7,10-13,16,18,21,23-24,33-34H,3-4,8-9,14,17H2,1-2H3,(H2,29,30,31)/t21-,23-,24-,27+,42?/m1/s1. The summed E-state index contributed by atoms with van der Waals surface area (Å²) in [6, 6.07) is 13.0. The van der Waals surface area contributed by atoms with Gasteiger partial charge in [0, 0.05) is 0 Å². The molecule has 1 aliphatic rings. The van der Waals surface area contributed by atoms with Crippen molar-refractivity contribution < 1.29 is 42.6 Å². The zero-order valence-corrected chi connectivity index (χ0v) is 24.1. The van der Waals surface area contributed by atoms with Crippen molar-refractivity contribution in [2.75, 3.05) is 19.1 Å². The molecule has 14 nitrogen and oxygen atoms in total. The average Bonchev–Trinajstić information content (AvgIpc) is 3.53. The molecule has 1 aromatic carbocycles. The highest BCUT2D eigenvalue weighted by Crippen LogP contribution is 2.51. The van der Waals surface area contributed by atoms with Crippen LogP contribution in [0.3, 0.4) is 0 Å². The first kappa shape index (κ1) is 31.4. The fraction of sp³-hybridized carbons (Fsp3) is 0.481. The van der Waals surface area contributed by atoms with Crippen LogP contribution in [0.15, 0.2) is 48.8 Å². The second-order valence-electron chi connectivity index (χ2n) is 9.73. The van der Waals surface area contributed by atoms with E-state index in [-0.39, 0.29) is 23.2 Å². The number of aliphatic hydroxyl groups is 2. The van der Waals surface area contributed by atoms with E-state index in [1.807, 2.05) is 19.9 Å². The zero-order chi connectivity index (χ0) is 30.3. The second-order valence-corrected chi connectivity index (χ2v) is 11.3. The summed E-state index contributed by atoms with van der Waals surface area (Å²) in [5.41, 5.74) is 4.24. The number of nitriles is 1. The zero-order valence-electron chi connectivity index (χ0n) is 23.2. The van der Waals surface area contributed by atoms with Crippen LogP contribution in [0.25, 0.3) is 5.52 Å². The molecule has 0 radical (unpaired) electrons. The summed E-state index contributed by atoms with van der Waals surface area (Å²) in [6.45, 7) is 2.57. The van der Waals surface area contributed by atoms with Gasteiger partial charge in [0.15, 0.2) is 5.82 Å². The maximum absolute atomic E-state index is 13.6. The first-order valence-electron chi connectivity index (χ1n) is 13.5.